The molecule has 0 aliphatic carbocycles. The number of nitrogens with two attached hydrogens (primary N) is 1. The maximum Gasteiger partial charge on any atom is 0.324 e. The summed E-state index contributed by atoms with van der Waals surface area (Å²) in [6.07, 6.45) is 14.6. The number of unbranched alkanes of at least 4 members (excludes halogenated alkanes) is 10. The fourth-order valence-corrected chi connectivity index (χ4v) is 1.99. The van der Waals surface area contributed by atoms with Crippen LogP contribution in [0.2, 0.25) is 0 Å². The molecule has 0 aliphatic heterocycles. The van der Waals surface area contributed by atoms with Gasteiger partial charge in [0.15, 0.2) is 0 Å². The normalized spacial score (nSPS) is 10.5. The molecule has 0 aliphatic rings. The lowest BCUT2D eigenvalue weighted by Gasteiger charge is -2.02. The average Bonchev–Trinajstić information content (AvgIpc) is 2.35. The van der Waals surface area contributed by atoms with E-state index in [2.05, 4.69) is 11.8 Å². The predicted octanol–water partition coefficient (Wildman–Crippen LogP) is 4.10. The zero-order valence-corrected chi connectivity index (χ0v) is 11.4. The quantitative estimate of drug-likeness (QED) is 0.414. The number of carbonyl (C=O) groups is 1. The van der Waals surface area contributed by atoms with Gasteiger partial charge in [-0.15, -0.1) is 0 Å². The van der Waals surface area contributed by atoms with E-state index in [-0.39, 0.29) is 5.97 Å². The van der Waals surface area contributed by atoms with Gasteiger partial charge in [0, 0.05) is 6.42 Å². The Balaban J connectivity index is 2.96. The second-order valence-electron chi connectivity index (χ2n) is 4.78. The van der Waals surface area contributed by atoms with E-state index in [1.54, 1.807) is 0 Å². The van der Waals surface area contributed by atoms with Crippen LogP contribution in [0.15, 0.2) is 0 Å². The van der Waals surface area contributed by atoms with Gasteiger partial charge >= 0.3 is 5.97 Å². The first kappa shape index (κ1) is 16.4. The minimum atomic E-state index is -0.291. The van der Waals surface area contributed by atoms with E-state index in [9.17, 15) is 4.79 Å². The predicted molar refractivity (Wildman–Crippen MR) is 71.4 cm³/mol. The molecule has 0 unspecified atom stereocenters. The number of hydrogen-bond acceptors (Lipinski definition) is 3. The minimum Gasteiger partial charge on any atom is -0.373 e. The lowest BCUT2D eigenvalue weighted by molar-refractivity contribution is -0.144. The number of rotatable bonds is 12. The average molecular weight is 243 g/mol. The number of hydrogen-bond donors (Lipinski definition) is 1. The molecule has 3 nitrogen and oxygen atoms in total. The van der Waals surface area contributed by atoms with Gasteiger partial charge in [-0.1, -0.05) is 71.1 Å². The second-order valence-corrected chi connectivity index (χ2v) is 4.78. The van der Waals surface area contributed by atoms with Crippen molar-refractivity contribution in [2.24, 2.45) is 5.90 Å². The first-order valence-corrected chi connectivity index (χ1v) is 7.20. The van der Waals surface area contributed by atoms with E-state index in [1.165, 1.54) is 57.8 Å². The molecule has 17 heavy (non-hydrogen) atoms. The summed E-state index contributed by atoms with van der Waals surface area (Å²) in [6.45, 7) is 2.25. The molecule has 0 atom stereocenters. The van der Waals surface area contributed by atoms with Crippen LogP contribution in [0.3, 0.4) is 0 Å². The Morgan fingerprint density at radius 3 is 1.65 bits per heavy atom. The van der Waals surface area contributed by atoms with Crippen molar-refractivity contribution in [3.63, 3.8) is 0 Å². The van der Waals surface area contributed by atoms with Crippen molar-refractivity contribution < 1.29 is 9.63 Å². The zero-order chi connectivity index (χ0) is 12.8. The molecular formula is C14H29NO2. The van der Waals surface area contributed by atoms with Crippen LogP contribution >= 0.6 is 0 Å². The van der Waals surface area contributed by atoms with Crippen LogP contribution < -0.4 is 5.90 Å². The molecule has 0 heterocycles. The lowest BCUT2D eigenvalue weighted by atomic mass is 10.1. The van der Waals surface area contributed by atoms with Gasteiger partial charge in [-0.05, 0) is 6.42 Å². The molecular weight excluding hydrogens is 214 g/mol. The van der Waals surface area contributed by atoms with E-state index in [4.69, 9.17) is 5.90 Å². The topological polar surface area (TPSA) is 52.3 Å². The molecule has 0 saturated carbocycles. The Labute approximate surface area is 106 Å². The molecule has 102 valence electrons. The van der Waals surface area contributed by atoms with Crippen LogP contribution in [-0.4, -0.2) is 5.97 Å². The van der Waals surface area contributed by atoms with Gasteiger partial charge in [0.25, 0.3) is 0 Å². The molecule has 0 fully saturated rings. The van der Waals surface area contributed by atoms with E-state index in [0.29, 0.717) is 6.42 Å². The van der Waals surface area contributed by atoms with Gasteiger partial charge in [0.1, 0.15) is 0 Å². The maximum atomic E-state index is 10.7. The van der Waals surface area contributed by atoms with Crippen LogP contribution in [0, 0.1) is 0 Å². The fourth-order valence-electron chi connectivity index (χ4n) is 1.99. The van der Waals surface area contributed by atoms with Gasteiger partial charge in [-0.3, -0.25) is 4.79 Å². The first-order chi connectivity index (χ1) is 8.31. The van der Waals surface area contributed by atoms with Crippen molar-refractivity contribution >= 4 is 5.97 Å². The summed E-state index contributed by atoms with van der Waals surface area (Å²) in [5.41, 5.74) is 0. The summed E-state index contributed by atoms with van der Waals surface area (Å²) in [6, 6.07) is 0. The maximum absolute atomic E-state index is 10.7. The summed E-state index contributed by atoms with van der Waals surface area (Å²) in [5.74, 6) is 4.46. The Bertz CT molecular complexity index is 172. The van der Waals surface area contributed by atoms with E-state index in [0.717, 1.165) is 12.8 Å². The summed E-state index contributed by atoms with van der Waals surface area (Å²) >= 11 is 0. The second kappa shape index (κ2) is 13.5. The van der Waals surface area contributed by atoms with Crippen LogP contribution in [-0.2, 0) is 9.63 Å². The Morgan fingerprint density at radius 2 is 1.24 bits per heavy atom. The molecule has 0 radical (unpaired) electrons. The molecule has 0 bridgehead atoms. The molecule has 0 amide bonds. The smallest absolute Gasteiger partial charge is 0.324 e. The summed E-state index contributed by atoms with van der Waals surface area (Å²) < 4.78 is 0. The first-order valence-electron chi connectivity index (χ1n) is 7.20. The van der Waals surface area contributed by atoms with Crippen molar-refractivity contribution in [1.29, 1.82) is 0 Å². The van der Waals surface area contributed by atoms with Crippen LogP contribution in [0.25, 0.3) is 0 Å². The third kappa shape index (κ3) is 13.4. The van der Waals surface area contributed by atoms with Crippen molar-refractivity contribution in [3.05, 3.63) is 0 Å². The third-order valence-electron chi connectivity index (χ3n) is 3.12. The van der Waals surface area contributed by atoms with Crippen molar-refractivity contribution in [3.8, 4) is 0 Å². The fraction of sp³-hybridized carbons (Fsp3) is 0.929. The van der Waals surface area contributed by atoms with Crippen LogP contribution in [0.4, 0.5) is 0 Å². The highest BCUT2D eigenvalue weighted by Gasteiger charge is 1.99. The van der Waals surface area contributed by atoms with Gasteiger partial charge in [0.05, 0.1) is 0 Å². The molecule has 0 rings (SSSR count). The largest absolute Gasteiger partial charge is 0.373 e. The summed E-state index contributed by atoms with van der Waals surface area (Å²) in [7, 11) is 0. The Hall–Kier alpha value is -0.570. The van der Waals surface area contributed by atoms with Gasteiger partial charge in [-0.25, -0.2) is 0 Å². The molecule has 3 heteroatoms. The third-order valence-corrected chi connectivity index (χ3v) is 3.12. The van der Waals surface area contributed by atoms with Crippen molar-refractivity contribution in [1.82, 2.24) is 0 Å². The lowest BCUT2D eigenvalue weighted by Crippen LogP contribution is -2.08. The molecule has 0 aromatic rings. The molecule has 0 aromatic heterocycles. The molecule has 2 N–H and O–H groups in total. The van der Waals surface area contributed by atoms with Crippen molar-refractivity contribution in [2.45, 2.75) is 84.0 Å². The number of carbonyl (C=O) groups excluding carboxylic acids is 1. The highest BCUT2D eigenvalue weighted by molar-refractivity contribution is 5.68. The Morgan fingerprint density at radius 1 is 0.824 bits per heavy atom. The standard InChI is InChI=1S/C14H29NO2/c1-2-3-4-5-6-7-8-9-10-11-12-13-14(16)17-15/h2-13,15H2,1H3. The van der Waals surface area contributed by atoms with E-state index < -0.39 is 0 Å². The summed E-state index contributed by atoms with van der Waals surface area (Å²) in [4.78, 5) is 14.8. The van der Waals surface area contributed by atoms with E-state index >= 15 is 0 Å². The molecule has 0 aromatic carbocycles. The molecule has 0 saturated heterocycles. The monoisotopic (exact) mass is 243 g/mol. The van der Waals surface area contributed by atoms with Crippen molar-refractivity contribution in [2.75, 3.05) is 0 Å². The van der Waals surface area contributed by atoms with E-state index in [1.807, 2.05) is 0 Å². The zero-order valence-electron chi connectivity index (χ0n) is 11.4. The Kier molecular flexibility index (Phi) is 13.0. The highest BCUT2D eigenvalue weighted by atomic mass is 16.7. The van der Waals surface area contributed by atoms with Crippen LogP contribution in [0.1, 0.15) is 84.0 Å². The molecule has 0 spiro atoms. The SMILES string of the molecule is CCCCCCCCCCCCCC(=O)ON. The van der Waals surface area contributed by atoms with Crippen LogP contribution in [0.5, 0.6) is 0 Å². The van der Waals surface area contributed by atoms with Gasteiger partial charge < -0.3 is 4.84 Å². The van der Waals surface area contributed by atoms with Gasteiger partial charge in [0.2, 0.25) is 0 Å². The van der Waals surface area contributed by atoms with Gasteiger partial charge in [-0.2, -0.15) is 5.90 Å². The highest BCUT2D eigenvalue weighted by Crippen LogP contribution is 2.11. The summed E-state index contributed by atoms with van der Waals surface area (Å²) in [5, 5.41) is 0. The minimum absolute atomic E-state index is 0.291.